The zero-order valence-electron chi connectivity index (χ0n) is 9.81. The van der Waals surface area contributed by atoms with Gasteiger partial charge in [0.15, 0.2) is 0 Å². The molecule has 3 N–H and O–H groups in total. The highest BCUT2D eigenvalue weighted by molar-refractivity contribution is 4.87. The molecule has 0 aliphatic heterocycles. The minimum atomic E-state index is 0.151. The molecule has 0 radical (unpaired) electrons. The largest absolute Gasteiger partial charge is 0.325 e. The first-order valence-corrected chi connectivity index (χ1v) is 6.18. The lowest BCUT2D eigenvalue weighted by Crippen LogP contribution is -2.44. The van der Waals surface area contributed by atoms with Crippen molar-refractivity contribution in [2.45, 2.75) is 70.4 Å². The van der Waals surface area contributed by atoms with E-state index in [1.165, 1.54) is 38.5 Å². The standard InChI is InChI=1S/C12H26N2/c1-3-11(2)14-10-9-12(13)7-5-4-6-8-12/h11,14H,3-10,13H2,1-2H3. The van der Waals surface area contributed by atoms with Gasteiger partial charge in [0, 0.05) is 11.6 Å². The van der Waals surface area contributed by atoms with Gasteiger partial charge in [-0.15, -0.1) is 0 Å². The molecule has 14 heavy (non-hydrogen) atoms. The molecule has 1 fully saturated rings. The summed E-state index contributed by atoms with van der Waals surface area (Å²) in [4.78, 5) is 0. The number of rotatable bonds is 5. The quantitative estimate of drug-likeness (QED) is 0.712. The first kappa shape index (κ1) is 12.0. The monoisotopic (exact) mass is 198 g/mol. The molecule has 0 aromatic carbocycles. The molecule has 1 aliphatic rings. The van der Waals surface area contributed by atoms with Crippen molar-refractivity contribution in [1.82, 2.24) is 5.32 Å². The maximum Gasteiger partial charge on any atom is 0.0166 e. The summed E-state index contributed by atoms with van der Waals surface area (Å²) >= 11 is 0. The highest BCUT2D eigenvalue weighted by Gasteiger charge is 2.26. The van der Waals surface area contributed by atoms with Gasteiger partial charge in [-0.25, -0.2) is 0 Å². The van der Waals surface area contributed by atoms with Gasteiger partial charge in [-0.05, 0) is 39.2 Å². The van der Waals surface area contributed by atoms with E-state index in [4.69, 9.17) is 5.73 Å². The van der Waals surface area contributed by atoms with Gasteiger partial charge in [0.05, 0.1) is 0 Å². The maximum absolute atomic E-state index is 6.35. The normalized spacial score (nSPS) is 23.4. The Morgan fingerprint density at radius 2 is 1.93 bits per heavy atom. The molecule has 0 aromatic heterocycles. The van der Waals surface area contributed by atoms with E-state index in [-0.39, 0.29) is 5.54 Å². The van der Waals surface area contributed by atoms with Crippen LogP contribution in [0.1, 0.15) is 58.8 Å². The molecule has 2 heteroatoms. The summed E-state index contributed by atoms with van der Waals surface area (Å²) in [5, 5.41) is 3.52. The molecule has 0 aromatic rings. The van der Waals surface area contributed by atoms with Crippen molar-refractivity contribution in [3.63, 3.8) is 0 Å². The van der Waals surface area contributed by atoms with E-state index in [9.17, 15) is 0 Å². The molecule has 1 saturated carbocycles. The second-order valence-corrected chi connectivity index (χ2v) is 4.94. The third kappa shape index (κ3) is 3.97. The molecule has 0 heterocycles. The summed E-state index contributed by atoms with van der Waals surface area (Å²) in [5.74, 6) is 0. The summed E-state index contributed by atoms with van der Waals surface area (Å²) in [7, 11) is 0. The molecular formula is C12H26N2. The number of hydrogen-bond donors (Lipinski definition) is 2. The van der Waals surface area contributed by atoms with Gasteiger partial charge in [-0.2, -0.15) is 0 Å². The van der Waals surface area contributed by atoms with Crippen LogP contribution < -0.4 is 11.1 Å². The Labute approximate surface area is 88.6 Å². The average Bonchev–Trinajstić information content (AvgIpc) is 2.18. The van der Waals surface area contributed by atoms with Crippen LogP contribution in [0.3, 0.4) is 0 Å². The van der Waals surface area contributed by atoms with Gasteiger partial charge in [0.2, 0.25) is 0 Å². The summed E-state index contributed by atoms with van der Waals surface area (Å²) in [5.41, 5.74) is 6.50. The van der Waals surface area contributed by atoms with E-state index in [1.807, 2.05) is 0 Å². The lowest BCUT2D eigenvalue weighted by Gasteiger charge is -2.33. The van der Waals surface area contributed by atoms with Gasteiger partial charge < -0.3 is 11.1 Å². The number of nitrogens with two attached hydrogens (primary N) is 1. The van der Waals surface area contributed by atoms with Gasteiger partial charge in [-0.3, -0.25) is 0 Å². The van der Waals surface area contributed by atoms with E-state index < -0.39 is 0 Å². The Balaban J connectivity index is 2.15. The SMILES string of the molecule is CCC(C)NCCC1(N)CCCCC1. The molecule has 1 unspecified atom stereocenters. The molecule has 1 rings (SSSR count). The lowest BCUT2D eigenvalue weighted by molar-refractivity contribution is 0.271. The average molecular weight is 198 g/mol. The second kappa shape index (κ2) is 5.72. The predicted molar refractivity (Wildman–Crippen MR) is 62.4 cm³/mol. The van der Waals surface area contributed by atoms with Crippen LogP contribution in [0, 0.1) is 0 Å². The number of nitrogens with one attached hydrogen (secondary N) is 1. The fraction of sp³-hybridized carbons (Fsp3) is 1.00. The van der Waals surface area contributed by atoms with Crippen LogP contribution in [-0.2, 0) is 0 Å². The third-order valence-electron chi connectivity index (χ3n) is 3.58. The van der Waals surface area contributed by atoms with Crippen LogP contribution in [0.5, 0.6) is 0 Å². The molecule has 0 amide bonds. The first-order valence-electron chi connectivity index (χ1n) is 6.18. The smallest absolute Gasteiger partial charge is 0.0166 e. The van der Waals surface area contributed by atoms with Crippen molar-refractivity contribution < 1.29 is 0 Å². The first-order chi connectivity index (χ1) is 6.66. The maximum atomic E-state index is 6.35. The van der Waals surface area contributed by atoms with Crippen LogP contribution in [0.2, 0.25) is 0 Å². The Hall–Kier alpha value is -0.0800. The van der Waals surface area contributed by atoms with Gasteiger partial charge in [0.25, 0.3) is 0 Å². The zero-order chi connectivity index (χ0) is 10.4. The Morgan fingerprint density at radius 3 is 2.50 bits per heavy atom. The molecule has 2 nitrogen and oxygen atoms in total. The van der Waals surface area contributed by atoms with Crippen molar-refractivity contribution in [2.75, 3.05) is 6.54 Å². The Morgan fingerprint density at radius 1 is 1.29 bits per heavy atom. The second-order valence-electron chi connectivity index (χ2n) is 4.94. The van der Waals surface area contributed by atoms with Gasteiger partial charge in [-0.1, -0.05) is 26.2 Å². The van der Waals surface area contributed by atoms with E-state index in [0.717, 1.165) is 13.0 Å². The molecule has 1 aliphatic carbocycles. The van der Waals surface area contributed by atoms with Crippen molar-refractivity contribution >= 4 is 0 Å². The van der Waals surface area contributed by atoms with Crippen LogP contribution in [-0.4, -0.2) is 18.1 Å². The minimum absolute atomic E-state index is 0.151. The molecule has 0 bridgehead atoms. The van der Waals surface area contributed by atoms with Crippen molar-refractivity contribution in [3.8, 4) is 0 Å². The molecule has 0 saturated heterocycles. The van der Waals surface area contributed by atoms with Crippen LogP contribution in [0.25, 0.3) is 0 Å². The lowest BCUT2D eigenvalue weighted by atomic mass is 9.80. The predicted octanol–water partition coefficient (Wildman–Crippen LogP) is 2.43. The molecular weight excluding hydrogens is 172 g/mol. The molecule has 84 valence electrons. The van der Waals surface area contributed by atoms with Crippen LogP contribution in [0.15, 0.2) is 0 Å². The van der Waals surface area contributed by atoms with Gasteiger partial charge in [0.1, 0.15) is 0 Å². The van der Waals surface area contributed by atoms with E-state index in [2.05, 4.69) is 19.2 Å². The minimum Gasteiger partial charge on any atom is -0.325 e. The van der Waals surface area contributed by atoms with Crippen LogP contribution >= 0.6 is 0 Å². The fourth-order valence-corrected chi connectivity index (χ4v) is 2.22. The highest BCUT2D eigenvalue weighted by atomic mass is 14.9. The van der Waals surface area contributed by atoms with E-state index in [0.29, 0.717) is 6.04 Å². The van der Waals surface area contributed by atoms with Crippen molar-refractivity contribution in [2.24, 2.45) is 5.73 Å². The molecule has 0 spiro atoms. The third-order valence-corrected chi connectivity index (χ3v) is 3.58. The fourth-order valence-electron chi connectivity index (χ4n) is 2.22. The zero-order valence-corrected chi connectivity index (χ0v) is 9.81. The highest BCUT2D eigenvalue weighted by Crippen LogP contribution is 2.28. The topological polar surface area (TPSA) is 38.0 Å². The van der Waals surface area contributed by atoms with Crippen molar-refractivity contribution in [3.05, 3.63) is 0 Å². The van der Waals surface area contributed by atoms with Crippen LogP contribution in [0.4, 0.5) is 0 Å². The summed E-state index contributed by atoms with van der Waals surface area (Å²) in [6.45, 7) is 5.55. The Kier molecular flexibility index (Phi) is 4.90. The van der Waals surface area contributed by atoms with E-state index in [1.54, 1.807) is 0 Å². The number of hydrogen-bond acceptors (Lipinski definition) is 2. The van der Waals surface area contributed by atoms with Crippen molar-refractivity contribution in [1.29, 1.82) is 0 Å². The van der Waals surface area contributed by atoms with Gasteiger partial charge >= 0.3 is 0 Å². The Bertz CT molecular complexity index is 150. The summed E-state index contributed by atoms with van der Waals surface area (Å²) in [6, 6.07) is 0.641. The summed E-state index contributed by atoms with van der Waals surface area (Å²) < 4.78 is 0. The summed E-state index contributed by atoms with van der Waals surface area (Å²) in [6.07, 6.45) is 8.87. The van der Waals surface area contributed by atoms with E-state index >= 15 is 0 Å². The molecule has 1 atom stereocenters.